The van der Waals surface area contributed by atoms with Crippen LogP contribution in [0.5, 0.6) is 0 Å². The predicted molar refractivity (Wildman–Crippen MR) is 55.7 cm³/mol. The van der Waals surface area contributed by atoms with Crippen molar-refractivity contribution >= 4 is 10.7 Å². The van der Waals surface area contributed by atoms with Gasteiger partial charge < -0.3 is 4.57 Å². The first-order valence-electron chi connectivity index (χ1n) is 4.86. The zero-order valence-electron chi connectivity index (χ0n) is 8.30. The van der Waals surface area contributed by atoms with Gasteiger partial charge in [0.25, 0.3) is 0 Å². The van der Waals surface area contributed by atoms with Gasteiger partial charge in [-0.1, -0.05) is 26.2 Å². The standard InChI is InChI=1S/C9H16N2O2S/c1-2-3-4-5-9(14(12)13)11-7-6-10-8-11/h6-9,14H,2-5H2,1H3. The Labute approximate surface area is 85.9 Å². The van der Waals surface area contributed by atoms with Crippen molar-refractivity contribution in [1.82, 2.24) is 9.55 Å². The molecule has 0 bridgehead atoms. The molecule has 1 aromatic heterocycles. The van der Waals surface area contributed by atoms with E-state index in [4.69, 9.17) is 0 Å². The second-order valence-corrected chi connectivity index (χ2v) is 4.44. The van der Waals surface area contributed by atoms with E-state index in [2.05, 4.69) is 11.9 Å². The van der Waals surface area contributed by atoms with E-state index >= 15 is 0 Å². The summed E-state index contributed by atoms with van der Waals surface area (Å²) >= 11 is 0. The van der Waals surface area contributed by atoms with Crippen LogP contribution in [0.1, 0.15) is 38.0 Å². The van der Waals surface area contributed by atoms with Gasteiger partial charge in [0.05, 0.1) is 6.33 Å². The van der Waals surface area contributed by atoms with Gasteiger partial charge in [-0.25, -0.2) is 13.4 Å². The maximum absolute atomic E-state index is 11.0. The van der Waals surface area contributed by atoms with Gasteiger partial charge in [0.2, 0.25) is 0 Å². The number of aromatic nitrogens is 2. The number of hydrogen-bond acceptors (Lipinski definition) is 3. The first kappa shape index (κ1) is 11.2. The summed E-state index contributed by atoms with van der Waals surface area (Å²) in [5.74, 6) is 0. The van der Waals surface area contributed by atoms with Gasteiger partial charge in [0.1, 0.15) is 5.37 Å². The number of unbranched alkanes of at least 4 members (excludes halogenated alkanes) is 2. The van der Waals surface area contributed by atoms with Crippen LogP contribution in [0.2, 0.25) is 0 Å². The van der Waals surface area contributed by atoms with Crippen LogP contribution in [-0.2, 0) is 10.7 Å². The van der Waals surface area contributed by atoms with Gasteiger partial charge in [0.15, 0.2) is 10.7 Å². The summed E-state index contributed by atoms with van der Waals surface area (Å²) in [4.78, 5) is 3.85. The molecule has 1 unspecified atom stereocenters. The summed E-state index contributed by atoms with van der Waals surface area (Å²) in [6.45, 7) is 2.10. The van der Waals surface area contributed by atoms with Crippen molar-refractivity contribution in [3.8, 4) is 0 Å². The number of hydrogen-bond donors (Lipinski definition) is 1. The van der Waals surface area contributed by atoms with Crippen molar-refractivity contribution in [2.45, 2.75) is 38.0 Å². The fourth-order valence-electron chi connectivity index (χ4n) is 1.39. The minimum atomic E-state index is -2.41. The summed E-state index contributed by atoms with van der Waals surface area (Å²) in [5.41, 5.74) is 0. The Morgan fingerprint density at radius 3 is 2.71 bits per heavy atom. The zero-order chi connectivity index (χ0) is 10.4. The topological polar surface area (TPSA) is 52.0 Å². The van der Waals surface area contributed by atoms with Gasteiger partial charge in [-0.05, 0) is 6.42 Å². The third-order valence-electron chi connectivity index (χ3n) is 2.18. The normalized spacial score (nSPS) is 13.3. The molecule has 14 heavy (non-hydrogen) atoms. The van der Waals surface area contributed by atoms with Crippen molar-refractivity contribution in [2.75, 3.05) is 0 Å². The molecule has 4 nitrogen and oxygen atoms in total. The molecule has 1 heterocycles. The molecule has 0 aliphatic rings. The fraction of sp³-hybridized carbons (Fsp3) is 0.667. The molecule has 5 heteroatoms. The number of thiol groups is 1. The Morgan fingerprint density at radius 1 is 1.43 bits per heavy atom. The second-order valence-electron chi connectivity index (χ2n) is 3.27. The first-order valence-corrected chi connectivity index (χ1v) is 6.11. The van der Waals surface area contributed by atoms with Crippen molar-refractivity contribution < 1.29 is 8.42 Å². The molecule has 0 aromatic carbocycles. The van der Waals surface area contributed by atoms with Gasteiger partial charge in [0, 0.05) is 12.4 Å². The quantitative estimate of drug-likeness (QED) is 0.580. The first-order chi connectivity index (χ1) is 6.75. The molecule has 1 aromatic rings. The molecule has 1 atom stereocenters. The third-order valence-corrected chi connectivity index (χ3v) is 3.19. The lowest BCUT2D eigenvalue weighted by Crippen LogP contribution is -2.08. The van der Waals surface area contributed by atoms with Crippen LogP contribution in [0, 0.1) is 0 Å². The van der Waals surface area contributed by atoms with E-state index in [0.717, 1.165) is 19.3 Å². The Bertz CT molecular complexity index is 312. The Balaban J connectivity index is 2.57. The molecule has 0 saturated heterocycles. The monoisotopic (exact) mass is 216 g/mol. The Morgan fingerprint density at radius 2 is 2.21 bits per heavy atom. The summed E-state index contributed by atoms with van der Waals surface area (Å²) in [6.07, 6.45) is 8.67. The van der Waals surface area contributed by atoms with Gasteiger partial charge >= 0.3 is 0 Å². The fourth-order valence-corrected chi connectivity index (χ4v) is 2.13. The molecular weight excluding hydrogens is 200 g/mol. The second kappa shape index (κ2) is 5.80. The average Bonchev–Trinajstić information content (AvgIpc) is 2.64. The molecule has 80 valence electrons. The molecule has 0 saturated carbocycles. The Kier molecular flexibility index (Phi) is 4.65. The van der Waals surface area contributed by atoms with Crippen LogP contribution in [0.25, 0.3) is 0 Å². The molecule has 0 spiro atoms. The van der Waals surface area contributed by atoms with Crippen LogP contribution in [0.3, 0.4) is 0 Å². The molecule has 0 radical (unpaired) electrons. The zero-order valence-corrected chi connectivity index (χ0v) is 9.19. The summed E-state index contributed by atoms with van der Waals surface area (Å²) in [6, 6.07) is 0. The molecule has 0 N–H and O–H groups in total. The van der Waals surface area contributed by atoms with E-state index in [-0.39, 0.29) is 0 Å². The van der Waals surface area contributed by atoms with Crippen LogP contribution in [-0.4, -0.2) is 18.0 Å². The lowest BCUT2D eigenvalue weighted by Gasteiger charge is -2.10. The highest BCUT2D eigenvalue weighted by Crippen LogP contribution is 2.16. The van der Waals surface area contributed by atoms with E-state index in [1.165, 1.54) is 0 Å². The van der Waals surface area contributed by atoms with Gasteiger partial charge in [-0.2, -0.15) is 0 Å². The minimum absolute atomic E-state index is 0.418. The van der Waals surface area contributed by atoms with Crippen LogP contribution in [0.4, 0.5) is 0 Å². The summed E-state index contributed by atoms with van der Waals surface area (Å²) in [7, 11) is -2.41. The van der Waals surface area contributed by atoms with Crippen LogP contribution in [0.15, 0.2) is 18.7 Å². The van der Waals surface area contributed by atoms with E-state index in [9.17, 15) is 8.42 Å². The van der Waals surface area contributed by atoms with E-state index in [1.54, 1.807) is 23.3 Å². The lowest BCUT2D eigenvalue weighted by molar-refractivity contribution is 0.522. The smallest absolute Gasteiger partial charge is 0.161 e. The summed E-state index contributed by atoms with van der Waals surface area (Å²) < 4.78 is 23.6. The molecule has 0 amide bonds. The Hall–Kier alpha value is -0.840. The third kappa shape index (κ3) is 3.14. The van der Waals surface area contributed by atoms with Gasteiger partial charge in [-0.3, -0.25) is 0 Å². The molecular formula is C9H16N2O2S. The van der Waals surface area contributed by atoms with Crippen LogP contribution < -0.4 is 0 Å². The number of imidazole rings is 1. The number of rotatable bonds is 6. The van der Waals surface area contributed by atoms with E-state index < -0.39 is 16.1 Å². The van der Waals surface area contributed by atoms with E-state index in [1.807, 2.05) is 0 Å². The highest BCUT2D eigenvalue weighted by atomic mass is 32.2. The van der Waals surface area contributed by atoms with Crippen LogP contribution >= 0.6 is 0 Å². The largest absolute Gasteiger partial charge is 0.320 e. The highest BCUT2D eigenvalue weighted by Gasteiger charge is 2.11. The lowest BCUT2D eigenvalue weighted by atomic mass is 10.2. The molecule has 0 fully saturated rings. The minimum Gasteiger partial charge on any atom is -0.320 e. The maximum atomic E-state index is 11.0. The van der Waals surface area contributed by atoms with Crippen molar-refractivity contribution in [2.24, 2.45) is 0 Å². The molecule has 1 rings (SSSR count). The highest BCUT2D eigenvalue weighted by molar-refractivity contribution is 7.72. The van der Waals surface area contributed by atoms with Gasteiger partial charge in [-0.15, -0.1) is 0 Å². The molecule has 0 aliphatic heterocycles. The van der Waals surface area contributed by atoms with Crippen molar-refractivity contribution in [1.29, 1.82) is 0 Å². The number of nitrogens with zero attached hydrogens (tertiary/aromatic N) is 2. The van der Waals surface area contributed by atoms with E-state index in [0.29, 0.717) is 6.42 Å². The summed E-state index contributed by atoms with van der Waals surface area (Å²) in [5, 5.41) is -0.418. The average molecular weight is 216 g/mol. The van der Waals surface area contributed by atoms with Crippen molar-refractivity contribution in [3.63, 3.8) is 0 Å². The van der Waals surface area contributed by atoms with Crippen molar-refractivity contribution in [3.05, 3.63) is 18.7 Å². The maximum Gasteiger partial charge on any atom is 0.161 e. The predicted octanol–water partition coefficient (Wildman–Crippen LogP) is 1.57. The SMILES string of the molecule is CCCCCC(n1ccnc1)[SH](=O)=O. The molecule has 0 aliphatic carbocycles.